The lowest BCUT2D eigenvalue weighted by Crippen LogP contribution is -2.15. The second-order valence-electron chi connectivity index (χ2n) is 2.47. The van der Waals surface area contributed by atoms with Gasteiger partial charge in [-0.15, -0.1) is 0 Å². The van der Waals surface area contributed by atoms with Crippen molar-refractivity contribution in [2.45, 2.75) is 6.04 Å². The highest BCUT2D eigenvalue weighted by atomic mass is 79.9. The molecular formula is C8H11BrN2O. The fourth-order valence-electron chi connectivity index (χ4n) is 0.924. The number of nitrogens with zero attached hydrogens (tertiary/aromatic N) is 1. The summed E-state index contributed by atoms with van der Waals surface area (Å²) < 4.78 is 5.73. The summed E-state index contributed by atoms with van der Waals surface area (Å²) >= 11 is 3.27. The Hall–Kier alpha value is -0.450. The molecule has 0 aliphatic carbocycles. The molecule has 1 aromatic rings. The minimum atomic E-state index is -0.0747. The summed E-state index contributed by atoms with van der Waals surface area (Å²) in [5, 5.41) is 0. The van der Waals surface area contributed by atoms with E-state index in [1.165, 1.54) is 0 Å². The zero-order valence-electron chi connectivity index (χ0n) is 6.83. The van der Waals surface area contributed by atoms with E-state index >= 15 is 0 Å². The first-order chi connectivity index (χ1) is 5.74. The number of pyridine rings is 1. The lowest BCUT2D eigenvalue weighted by Gasteiger charge is -2.09. The lowest BCUT2D eigenvalue weighted by molar-refractivity contribution is 0.181. The van der Waals surface area contributed by atoms with Gasteiger partial charge in [0.05, 0.1) is 12.6 Å². The molecule has 0 amide bonds. The van der Waals surface area contributed by atoms with Gasteiger partial charge in [0.15, 0.2) is 0 Å². The normalized spacial score (nSPS) is 12.9. The van der Waals surface area contributed by atoms with Gasteiger partial charge in [-0.2, -0.15) is 0 Å². The number of hydrogen-bond acceptors (Lipinski definition) is 3. The molecule has 4 heteroatoms. The number of nitrogens with two attached hydrogens (primary N) is 1. The van der Waals surface area contributed by atoms with Crippen molar-refractivity contribution in [2.24, 2.45) is 5.73 Å². The van der Waals surface area contributed by atoms with Crippen LogP contribution in [0.1, 0.15) is 11.6 Å². The van der Waals surface area contributed by atoms with Crippen LogP contribution in [0.15, 0.2) is 22.9 Å². The van der Waals surface area contributed by atoms with Crippen molar-refractivity contribution in [2.75, 3.05) is 13.7 Å². The van der Waals surface area contributed by atoms with Crippen LogP contribution in [0.3, 0.4) is 0 Å². The zero-order chi connectivity index (χ0) is 8.97. The average Bonchev–Trinajstić information content (AvgIpc) is 2.05. The van der Waals surface area contributed by atoms with E-state index in [0.717, 1.165) is 10.2 Å². The molecule has 3 nitrogen and oxygen atoms in total. The quantitative estimate of drug-likeness (QED) is 0.801. The Morgan fingerprint density at radius 3 is 3.08 bits per heavy atom. The molecule has 0 unspecified atom stereocenters. The second kappa shape index (κ2) is 4.54. The van der Waals surface area contributed by atoms with Crippen LogP contribution in [0.4, 0.5) is 0 Å². The van der Waals surface area contributed by atoms with Crippen LogP contribution in [0.2, 0.25) is 0 Å². The molecule has 1 rings (SSSR count). The summed E-state index contributed by atoms with van der Waals surface area (Å²) in [5.74, 6) is 0. The van der Waals surface area contributed by atoms with Gasteiger partial charge < -0.3 is 10.5 Å². The SMILES string of the molecule is COC[C@H](N)c1ccnc(Br)c1. The predicted molar refractivity (Wildman–Crippen MR) is 50.7 cm³/mol. The molecule has 0 aromatic carbocycles. The molecule has 0 fully saturated rings. The van der Waals surface area contributed by atoms with Crippen molar-refractivity contribution in [1.82, 2.24) is 4.98 Å². The zero-order valence-corrected chi connectivity index (χ0v) is 8.41. The first-order valence-corrected chi connectivity index (χ1v) is 4.39. The molecule has 2 N–H and O–H groups in total. The Kier molecular flexibility index (Phi) is 3.65. The summed E-state index contributed by atoms with van der Waals surface area (Å²) in [6.45, 7) is 0.524. The summed E-state index contributed by atoms with van der Waals surface area (Å²) in [6, 6.07) is 3.70. The minimum Gasteiger partial charge on any atom is -0.383 e. The molecule has 0 spiro atoms. The van der Waals surface area contributed by atoms with E-state index in [2.05, 4.69) is 20.9 Å². The molecule has 0 aliphatic rings. The maximum atomic E-state index is 5.80. The van der Waals surface area contributed by atoms with Crippen molar-refractivity contribution in [1.29, 1.82) is 0 Å². The molecule has 0 bridgehead atoms. The van der Waals surface area contributed by atoms with Crippen molar-refractivity contribution in [3.05, 3.63) is 28.5 Å². The van der Waals surface area contributed by atoms with E-state index in [1.54, 1.807) is 13.3 Å². The third-order valence-electron chi connectivity index (χ3n) is 1.53. The minimum absolute atomic E-state index is 0.0747. The van der Waals surface area contributed by atoms with Crippen LogP contribution >= 0.6 is 15.9 Å². The highest BCUT2D eigenvalue weighted by Gasteiger charge is 2.04. The molecule has 0 saturated heterocycles. The number of methoxy groups -OCH3 is 1. The van der Waals surface area contributed by atoms with E-state index in [9.17, 15) is 0 Å². The van der Waals surface area contributed by atoms with Crippen LogP contribution < -0.4 is 5.73 Å². The number of ether oxygens (including phenoxy) is 1. The van der Waals surface area contributed by atoms with Crippen molar-refractivity contribution in [3.63, 3.8) is 0 Å². The maximum Gasteiger partial charge on any atom is 0.106 e. The molecule has 1 aromatic heterocycles. The number of halogens is 1. The standard InChI is InChI=1S/C8H11BrN2O/c1-12-5-7(10)6-2-3-11-8(9)4-6/h2-4,7H,5,10H2,1H3/t7-/m0/s1. The summed E-state index contributed by atoms with van der Waals surface area (Å²) in [5.41, 5.74) is 6.83. The van der Waals surface area contributed by atoms with Gasteiger partial charge >= 0.3 is 0 Å². The fraction of sp³-hybridized carbons (Fsp3) is 0.375. The van der Waals surface area contributed by atoms with Crippen molar-refractivity contribution in [3.8, 4) is 0 Å². The second-order valence-corrected chi connectivity index (χ2v) is 3.29. The van der Waals surface area contributed by atoms with E-state index in [0.29, 0.717) is 6.61 Å². The van der Waals surface area contributed by atoms with Gasteiger partial charge in [-0.05, 0) is 33.6 Å². The molecule has 1 atom stereocenters. The first-order valence-electron chi connectivity index (χ1n) is 3.60. The Balaban J connectivity index is 2.73. The lowest BCUT2D eigenvalue weighted by atomic mass is 10.1. The summed E-state index contributed by atoms with van der Waals surface area (Å²) in [4.78, 5) is 4.00. The fourth-order valence-corrected chi connectivity index (χ4v) is 1.31. The van der Waals surface area contributed by atoms with Gasteiger partial charge in [0, 0.05) is 13.3 Å². The molecule has 0 aliphatic heterocycles. The maximum absolute atomic E-state index is 5.80. The van der Waals surface area contributed by atoms with Gasteiger partial charge in [0.1, 0.15) is 4.60 Å². The highest BCUT2D eigenvalue weighted by molar-refractivity contribution is 9.10. The molecule has 0 saturated carbocycles. The van der Waals surface area contributed by atoms with Crippen LogP contribution in [-0.2, 0) is 4.74 Å². The molecule has 12 heavy (non-hydrogen) atoms. The Labute approximate surface area is 80.1 Å². The van der Waals surface area contributed by atoms with E-state index in [1.807, 2.05) is 12.1 Å². The van der Waals surface area contributed by atoms with E-state index < -0.39 is 0 Å². The van der Waals surface area contributed by atoms with Crippen LogP contribution in [-0.4, -0.2) is 18.7 Å². The van der Waals surface area contributed by atoms with Gasteiger partial charge in [-0.25, -0.2) is 4.98 Å². The number of hydrogen-bond donors (Lipinski definition) is 1. The first kappa shape index (κ1) is 9.64. The molecule has 66 valence electrons. The van der Waals surface area contributed by atoms with Crippen LogP contribution in [0.5, 0.6) is 0 Å². The summed E-state index contributed by atoms with van der Waals surface area (Å²) in [6.07, 6.45) is 1.72. The molecule has 0 radical (unpaired) electrons. The third kappa shape index (κ3) is 2.55. The van der Waals surface area contributed by atoms with E-state index in [4.69, 9.17) is 10.5 Å². The van der Waals surface area contributed by atoms with Gasteiger partial charge in [-0.3, -0.25) is 0 Å². The monoisotopic (exact) mass is 230 g/mol. The topological polar surface area (TPSA) is 48.1 Å². The van der Waals surface area contributed by atoms with Gasteiger partial charge in [0.2, 0.25) is 0 Å². The third-order valence-corrected chi connectivity index (χ3v) is 1.96. The smallest absolute Gasteiger partial charge is 0.106 e. The van der Waals surface area contributed by atoms with Gasteiger partial charge in [0.25, 0.3) is 0 Å². The van der Waals surface area contributed by atoms with E-state index in [-0.39, 0.29) is 6.04 Å². The predicted octanol–water partition coefficient (Wildman–Crippen LogP) is 1.49. The Morgan fingerprint density at radius 1 is 1.75 bits per heavy atom. The Bertz CT molecular complexity index is 255. The molecule has 1 heterocycles. The highest BCUT2D eigenvalue weighted by Crippen LogP contribution is 2.13. The average molecular weight is 231 g/mol. The summed E-state index contributed by atoms with van der Waals surface area (Å²) in [7, 11) is 1.64. The number of aromatic nitrogens is 1. The van der Waals surface area contributed by atoms with Crippen LogP contribution in [0, 0.1) is 0 Å². The number of rotatable bonds is 3. The van der Waals surface area contributed by atoms with Gasteiger partial charge in [-0.1, -0.05) is 0 Å². The Morgan fingerprint density at radius 2 is 2.50 bits per heavy atom. The van der Waals surface area contributed by atoms with Crippen LogP contribution in [0.25, 0.3) is 0 Å². The van der Waals surface area contributed by atoms with Crippen molar-refractivity contribution >= 4 is 15.9 Å². The largest absolute Gasteiger partial charge is 0.383 e. The van der Waals surface area contributed by atoms with Crippen molar-refractivity contribution < 1.29 is 4.74 Å². The molecular weight excluding hydrogens is 220 g/mol.